The van der Waals surface area contributed by atoms with Crippen LogP contribution >= 0.6 is 11.8 Å². The molecule has 4 rings (SSSR count). The third-order valence-electron chi connectivity index (χ3n) is 5.80. The van der Waals surface area contributed by atoms with Crippen LogP contribution in [0.4, 0.5) is 5.69 Å². The minimum absolute atomic E-state index is 0.0439. The maximum atomic E-state index is 13.0. The summed E-state index contributed by atoms with van der Waals surface area (Å²) < 4.78 is 0. The van der Waals surface area contributed by atoms with Gasteiger partial charge in [0, 0.05) is 32.7 Å². The van der Waals surface area contributed by atoms with Crippen molar-refractivity contribution in [1.29, 1.82) is 0 Å². The number of benzene rings is 3. The second kappa shape index (κ2) is 9.11. The highest BCUT2D eigenvalue weighted by Crippen LogP contribution is 2.43. The van der Waals surface area contributed by atoms with Gasteiger partial charge in [0.2, 0.25) is 0 Å². The molecule has 31 heavy (non-hydrogen) atoms. The minimum Gasteiger partial charge on any atom is -0.349 e. The molecule has 3 nitrogen and oxygen atoms in total. The molecule has 0 aromatic heterocycles. The zero-order chi connectivity index (χ0) is 22.0. The molecule has 0 bridgehead atoms. The van der Waals surface area contributed by atoms with E-state index in [0.717, 1.165) is 29.1 Å². The SMILES string of the molecule is CC[C@@H](Cc1ccccc1)NC(=O)c1ccc2c(c1)N=C(C)c1c(C)ccc(C)c1S2. The largest absolute Gasteiger partial charge is 0.349 e. The van der Waals surface area contributed by atoms with Crippen LogP contribution in [0.15, 0.2) is 75.4 Å². The zero-order valence-corrected chi connectivity index (χ0v) is 19.3. The molecule has 0 spiro atoms. The molecule has 0 saturated heterocycles. The number of aryl methyl sites for hydroxylation is 2. The predicted molar refractivity (Wildman–Crippen MR) is 130 cm³/mol. The van der Waals surface area contributed by atoms with Gasteiger partial charge in [-0.2, -0.15) is 0 Å². The monoisotopic (exact) mass is 428 g/mol. The van der Waals surface area contributed by atoms with Crippen LogP contribution in [0.2, 0.25) is 0 Å². The highest BCUT2D eigenvalue weighted by molar-refractivity contribution is 7.99. The van der Waals surface area contributed by atoms with E-state index in [9.17, 15) is 4.79 Å². The Hall–Kier alpha value is -2.85. The van der Waals surface area contributed by atoms with E-state index in [4.69, 9.17) is 4.99 Å². The summed E-state index contributed by atoms with van der Waals surface area (Å²) in [5.41, 5.74) is 7.43. The Morgan fingerprint density at radius 2 is 1.74 bits per heavy atom. The van der Waals surface area contributed by atoms with Crippen molar-refractivity contribution >= 4 is 29.1 Å². The van der Waals surface area contributed by atoms with E-state index >= 15 is 0 Å². The number of hydrogen-bond donors (Lipinski definition) is 1. The molecule has 4 heteroatoms. The molecule has 1 aliphatic heterocycles. The third kappa shape index (κ3) is 4.59. The number of carbonyl (C=O) groups is 1. The number of nitrogens with zero attached hydrogens (tertiary/aromatic N) is 1. The first-order valence-electron chi connectivity index (χ1n) is 10.8. The number of amides is 1. The Morgan fingerprint density at radius 1 is 1.00 bits per heavy atom. The van der Waals surface area contributed by atoms with E-state index in [1.54, 1.807) is 11.8 Å². The fraction of sp³-hybridized carbons (Fsp3) is 0.259. The average molecular weight is 429 g/mol. The van der Waals surface area contributed by atoms with Gasteiger partial charge in [-0.1, -0.05) is 61.2 Å². The lowest BCUT2D eigenvalue weighted by Gasteiger charge is -2.17. The molecule has 1 atom stereocenters. The van der Waals surface area contributed by atoms with Crippen molar-refractivity contribution < 1.29 is 4.79 Å². The van der Waals surface area contributed by atoms with Gasteiger partial charge < -0.3 is 5.32 Å². The van der Waals surface area contributed by atoms with Crippen molar-refractivity contribution in [2.45, 2.75) is 56.4 Å². The van der Waals surface area contributed by atoms with Crippen molar-refractivity contribution in [3.05, 3.63) is 88.5 Å². The topological polar surface area (TPSA) is 41.5 Å². The minimum atomic E-state index is -0.0439. The van der Waals surface area contributed by atoms with E-state index in [0.29, 0.717) is 5.56 Å². The maximum Gasteiger partial charge on any atom is 0.251 e. The number of fused-ring (bicyclic) bond motifs is 2. The number of carbonyl (C=O) groups excluding carboxylic acids is 1. The summed E-state index contributed by atoms with van der Waals surface area (Å²) in [5, 5.41) is 3.21. The van der Waals surface area contributed by atoms with E-state index in [1.165, 1.54) is 27.1 Å². The van der Waals surface area contributed by atoms with Crippen LogP contribution in [0.1, 0.15) is 52.9 Å². The highest BCUT2D eigenvalue weighted by Gasteiger charge is 2.20. The predicted octanol–water partition coefficient (Wildman–Crippen LogP) is 6.66. The van der Waals surface area contributed by atoms with Crippen molar-refractivity contribution in [2.75, 3.05) is 0 Å². The molecule has 0 unspecified atom stereocenters. The van der Waals surface area contributed by atoms with Gasteiger partial charge in [-0.3, -0.25) is 9.79 Å². The molecular formula is C27H28N2OS. The van der Waals surface area contributed by atoms with Crippen LogP contribution in [0.3, 0.4) is 0 Å². The standard InChI is InChI=1S/C27H28N2OS/c1-5-22(15-20-9-7-6-8-10-20)29-27(30)21-13-14-24-23(16-21)28-19(4)25-17(2)11-12-18(3)26(25)31-24/h6-14,16,22H,5,15H2,1-4H3,(H,29,30)/t22-/m0/s1. The van der Waals surface area contributed by atoms with E-state index in [2.05, 4.69) is 57.3 Å². The Kier molecular flexibility index (Phi) is 6.28. The maximum absolute atomic E-state index is 13.0. The lowest BCUT2D eigenvalue weighted by Crippen LogP contribution is -2.35. The first-order valence-corrected chi connectivity index (χ1v) is 11.6. The van der Waals surface area contributed by atoms with Gasteiger partial charge in [0.15, 0.2) is 0 Å². The molecule has 1 N–H and O–H groups in total. The van der Waals surface area contributed by atoms with Crippen LogP contribution in [0, 0.1) is 13.8 Å². The molecule has 0 saturated carbocycles. The number of hydrogen-bond acceptors (Lipinski definition) is 3. The van der Waals surface area contributed by atoms with Gasteiger partial charge >= 0.3 is 0 Å². The lowest BCUT2D eigenvalue weighted by atomic mass is 10.0. The summed E-state index contributed by atoms with van der Waals surface area (Å²) >= 11 is 1.74. The molecule has 0 fully saturated rings. The van der Waals surface area contributed by atoms with Gasteiger partial charge in [0.1, 0.15) is 0 Å². The molecule has 0 radical (unpaired) electrons. The van der Waals surface area contributed by atoms with Crippen LogP contribution < -0.4 is 5.32 Å². The van der Waals surface area contributed by atoms with Gasteiger partial charge in [0.25, 0.3) is 5.91 Å². The van der Waals surface area contributed by atoms with Gasteiger partial charge in [-0.15, -0.1) is 0 Å². The molecule has 3 aromatic carbocycles. The Bertz CT molecular complexity index is 1150. The first kappa shape index (κ1) is 21.4. The van der Waals surface area contributed by atoms with Crippen LogP contribution in [0.5, 0.6) is 0 Å². The molecule has 1 aliphatic rings. The second-order valence-corrected chi connectivity index (χ2v) is 9.21. The summed E-state index contributed by atoms with van der Waals surface area (Å²) in [5.74, 6) is -0.0439. The number of rotatable bonds is 5. The van der Waals surface area contributed by atoms with Crippen LogP contribution in [0.25, 0.3) is 0 Å². The molecule has 1 amide bonds. The van der Waals surface area contributed by atoms with Crippen molar-refractivity contribution in [3.8, 4) is 0 Å². The van der Waals surface area contributed by atoms with Crippen molar-refractivity contribution in [3.63, 3.8) is 0 Å². The molecule has 3 aromatic rings. The number of aliphatic imine (C=N–C) groups is 1. The lowest BCUT2D eigenvalue weighted by molar-refractivity contribution is 0.0935. The summed E-state index contributed by atoms with van der Waals surface area (Å²) in [6.07, 6.45) is 1.71. The average Bonchev–Trinajstić information content (AvgIpc) is 2.92. The summed E-state index contributed by atoms with van der Waals surface area (Å²) in [6, 6.07) is 20.6. The summed E-state index contributed by atoms with van der Waals surface area (Å²) in [7, 11) is 0. The van der Waals surface area contributed by atoms with Crippen molar-refractivity contribution in [1.82, 2.24) is 5.32 Å². The summed E-state index contributed by atoms with van der Waals surface area (Å²) in [6.45, 7) is 8.44. The fourth-order valence-electron chi connectivity index (χ4n) is 4.01. The van der Waals surface area contributed by atoms with Gasteiger partial charge in [-0.25, -0.2) is 0 Å². The van der Waals surface area contributed by atoms with E-state index in [1.807, 2.05) is 36.4 Å². The zero-order valence-electron chi connectivity index (χ0n) is 18.5. The van der Waals surface area contributed by atoms with Gasteiger partial charge in [0.05, 0.1) is 5.69 Å². The highest BCUT2D eigenvalue weighted by atomic mass is 32.2. The normalized spacial score (nSPS) is 13.5. The molecule has 158 valence electrons. The molecular weight excluding hydrogens is 400 g/mol. The molecule has 1 heterocycles. The van der Waals surface area contributed by atoms with Gasteiger partial charge in [-0.05, 0) is 68.5 Å². The quantitative estimate of drug-likeness (QED) is 0.494. The first-order chi connectivity index (χ1) is 15.0. The van der Waals surface area contributed by atoms with E-state index in [-0.39, 0.29) is 11.9 Å². The summed E-state index contributed by atoms with van der Waals surface area (Å²) in [4.78, 5) is 20.3. The van der Waals surface area contributed by atoms with E-state index < -0.39 is 0 Å². The number of nitrogens with one attached hydrogen (secondary N) is 1. The second-order valence-electron chi connectivity index (χ2n) is 8.15. The Balaban J connectivity index is 1.59. The molecule has 0 aliphatic carbocycles. The Morgan fingerprint density at radius 3 is 2.48 bits per heavy atom. The Labute approximate surface area is 189 Å². The fourth-order valence-corrected chi connectivity index (χ4v) is 5.21. The smallest absolute Gasteiger partial charge is 0.251 e. The van der Waals surface area contributed by atoms with Crippen molar-refractivity contribution in [2.24, 2.45) is 4.99 Å². The van der Waals surface area contributed by atoms with Crippen LogP contribution in [-0.2, 0) is 6.42 Å². The third-order valence-corrected chi connectivity index (χ3v) is 7.09. The van der Waals surface area contributed by atoms with Crippen LogP contribution in [-0.4, -0.2) is 17.7 Å².